The van der Waals surface area contributed by atoms with Crippen LogP contribution in [-0.2, 0) is 33.3 Å². The van der Waals surface area contributed by atoms with Gasteiger partial charge in [0.15, 0.2) is 12.4 Å². The van der Waals surface area contributed by atoms with Crippen LogP contribution in [0, 0.1) is 0 Å². The summed E-state index contributed by atoms with van der Waals surface area (Å²) in [6.07, 6.45) is 101. The van der Waals surface area contributed by atoms with E-state index < -0.39 is 24.3 Å². The van der Waals surface area contributed by atoms with Crippen LogP contribution in [0.5, 0.6) is 0 Å². The third-order valence-electron chi connectivity index (χ3n) is 17.0. The Hall–Kier alpha value is -4.05. The van der Waals surface area contributed by atoms with Crippen LogP contribution in [-0.4, -0.2) is 82.3 Å². The number of aliphatic carboxylic acids is 1. The lowest BCUT2D eigenvalue weighted by molar-refractivity contribution is -0.870. The van der Waals surface area contributed by atoms with E-state index in [1.165, 1.54) is 205 Å². The predicted octanol–water partition coefficient (Wildman–Crippen LogP) is 23.6. The van der Waals surface area contributed by atoms with Crippen molar-refractivity contribution in [3.05, 3.63) is 109 Å². The number of carbonyl (C=O) groups is 3. The molecule has 0 spiro atoms. The molecule has 0 aliphatic heterocycles. The summed E-state index contributed by atoms with van der Waals surface area (Å²) in [5, 5.41) is 11.8. The van der Waals surface area contributed by atoms with E-state index in [1.807, 2.05) is 21.1 Å². The van der Waals surface area contributed by atoms with Gasteiger partial charge >= 0.3 is 11.9 Å². The summed E-state index contributed by atoms with van der Waals surface area (Å²) in [6.45, 7) is 4.65. The van der Waals surface area contributed by atoms with E-state index in [-0.39, 0.29) is 38.6 Å². The largest absolute Gasteiger partial charge is 0.545 e. The average molecular weight is 1300 g/mol. The molecule has 0 aromatic heterocycles. The van der Waals surface area contributed by atoms with Gasteiger partial charge in [0.2, 0.25) is 0 Å². The Kier molecular flexibility index (Phi) is 70.5. The number of nitrogens with zero attached hydrogens (tertiary/aromatic N) is 1. The van der Waals surface area contributed by atoms with Crippen molar-refractivity contribution < 1.29 is 42.9 Å². The van der Waals surface area contributed by atoms with Crippen molar-refractivity contribution in [1.29, 1.82) is 0 Å². The molecule has 2 unspecified atom stereocenters. The summed E-state index contributed by atoms with van der Waals surface area (Å²) >= 11 is 0. The second kappa shape index (κ2) is 73.8. The highest BCUT2D eigenvalue weighted by Gasteiger charge is 2.22. The minimum atomic E-state index is -1.63. The SMILES string of the molecule is CC/C=C\C/C=C\C/C=C\C/C=C\C/C=C\C/C=C\C/C=C\C/C=C\CCCCCCCCC(=O)OC(COC(=O)CCCCCCCCCCCCCCCCCCCCCCCCCCC/C=C\CCCCCCCCCC)COC(OCC[N+](C)(C)C)C(=O)[O-]. The normalized spacial score (nSPS) is 13.3. The standard InChI is InChI=1S/C84H147NO8/c1-6-8-10-12-14-16-18-20-22-24-26-28-30-32-34-36-38-39-40-41-42-43-45-46-48-50-52-54-56-58-60-62-64-66-68-70-72-74-81(86)91-78-80(79-92-84(83(88)89)90-77-76-85(3,4)5)93-82(87)75-73-71-69-67-65-63-61-59-57-55-53-51-49-47-44-37-35-33-31-29-27-25-23-21-19-17-15-13-11-9-7-2/h9,11,15,17,21,23-24,26-27,29,33,35,44,47,51,53,57,59,80,84H,6-8,10,12-14,16,18-20,22,25,28,30-32,34,36-43,45-46,48-50,52,54-56,58,60-79H2,1-5H3/b11-9-,17-15-,23-21-,26-24-,29-27-,35-33-,47-44-,53-51-,59-57-. The number of hydrogen-bond donors (Lipinski definition) is 0. The highest BCUT2D eigenvalue weighted by molar-refractivity contribution is 5.70. The molecular weight excluding hydrogens is 1150 g/mol. The van der Waals surface area contributed by atoms with Crippen molar-refractivity contribution in [3.63, 3.8) is 0 Å². The van der Waals surface area contributed by atoms with Gasteiger partial charge in [-0.25, -0.2) is 0 Å². The minimum absolute atomic E-state index is 0.141. The maximum absolute atomic E-state index is 13.0. The number of rotatable bonds is 72. The van der Waals surface area contributed by atoms with Crippen molar-refractivity contribution in [2.45, 2.75) is 360 Å². The Morgan fingerprint density at radius 2 is 0.613 bits per heavy atom. The number of allylic oxidation sites excluding steroid dienone is 18. The lowest BCUT2D eigenvalue weighted by Crippen LogP contribution is -2.44. The third-order valence-corrected chi connectivity index (χ3v) is 17.0. The van der Waals surface area contributed by atoms with E-state index in [1.54, 1.807) is 0 Å². The first kappa shape index (κ1) is 89.0. The van der Waals surface area contributed by atoms with Crippen molar-refractivity contribution in [2.24, 2.45) is 0 Å². The van der Waals surface area contributed by atoms with Crippen molar-refractivity contribution >= 4 is 17.9 Å². The summed E-state index contributed by atoms with van der Waals surface area (Å²) in [5.41, 5.74) is 0. The quantitative estimate of drug-likeness (QED) is 0.0195. The fraction of sp³-hybridized carbons (Fsp3) is 0.750. The molecular formula is C84H147NO8. The summed E-state index contributed by atoms with van der Waals surface area (Å²) < 4.78 is 22.8. The molecule has 0 saturated heterocycles. The van der Waals surface area contributed by atoms with E-state index in [9.17, 15) is 19.5 Å². The van der Waals surface area contributed by atoms with Crippen molar-refractivity contribution in [1.82, 2.24) is 0 Å². The fourth-order valence-corrected chi connectivity index (χ4v) is 11.1. The highest BCUT2D eigenvalue weighted by Crippen LogP contribution is 2.18. The number of ether oxygens (including phenoxy) is 4. The number of carbonyl (C=O) groups excluding carboxylic acids is 3. The molecule has 0 saturated carbocycles. The Morgan fingerprint density at radius 1 is 0.333 bits per heavy atom. The molecule has 0 aromatic carbocycles. The average Bonchev–Trinajstić information content (AvgIpc) is 3.38. The summed E-state index contributed by atoms with van der Waals surface area (Å²) in [5.74, 6) is -2.30. The number of esters is 2. The van der Waals surface area contributed by atoms with Gasteiger partial charge in [0.1, 0.15) is 13.2 Å². The molecule has 0 heterocycles. The number of carboxylic acids is 1. The molecule has 9 heteroatoms. The van der Waals surface area contributed by atoms with Crippen LogP contribution in [0.1, 0.15) is 348 Å². The first-order valence-corrected chi connectivity index (χ1v) is 39.0. The van der Waals surface area contributed by atoms with E-state index >= 15 is 0 Å². The molecule has 0 aromatic rings. The van der Waals surface area contributed by atoms with Crippen LogP contribution in [0.3, 0.4) is 0 Å². The molecule has 0 fully saturated rings. The van der Waals surface area contributed by atoms with Crippen LogP contribution in [0.4, 0.5) is 0 Å². The summed E-state index contributed by atoms with van der Waals surface area (Å²) in [6, 6.07) is 0. The topological polar surface area (TPSA) is 111 Å². The number of quaternary nitrogens is 1. The molecule has 0 aliphatic rings. The molecule has 0 bridgehead atoms. The Bertz CT molecular complexity index is 1900. The zero-order chi connectivity index (χ0) is 67.5. The Labute approximate surface area is 575 Å². The van der Waals surface area contributed by atoms with Crippen LogP contribution in [0.2, 0.25) is 0 Å². The lowest BCUT2D eigenvalue weighted by atomic mass is 10.0. The third kappa shape index (κ3) is 75.2. The van der Waals surface area contributed by atoms with Crippen LogP contribution < -0.4 is 5.11 Å². The molecule has 2 atom stereocenters. The first-order valence-electron chi connectivity index (χ1n) is 39.0. The lowest BCUT2D eigenvalue weighted by Gasteiger charge is -2.26. The predicted molar refractivity (Wildman–Crippen MR) is 398 cm³/mol. The smallest absolute Gasteiger partial charge is 0.306 e. The molecule has 0 amide bonds. The van der Waals surface area contributed by atoms with Crippen LogP contribution >= 0.6 is 0 Å². The number of likely N-dealkylation sites (N-methyl/N-ethyl adjacent to an activating group) is 1. The summed E-state index contributed by atoms with van der Waals surface area (Å²) in [4.78, 5) is 37.6. The van der Waals surface area contributed by atoms with E-state index in [0.29, 0.717) is 17.4 Å². The van der Waals surface area contributed by atoms with Gasteiger partial charge in [0, 0.05) is 12.8 Å². The van der Waals surface area contributed by atoms with Gasteiger partial charge in [0.25, 0.3) is 0 Å². The van der Waals surface area contributed by atoms with Gasteiger partial charge < -0.3 is 33.3 Å². The second-order valence-corrected chi connectivity index (χ2v) is 27.3. The maximum atomic E-state index is 13.0. The van der Waals surface area contributed by atoms with Gasteiger partial charge in [-0.2, -0.15) is 0 Å². The van der Waals surface area contributed by atoms with Crippen molar-refractivity contribution in [2.75, 3.05) is 47.5 Å². The van der Waals surface area contributed by atoms with Gasteiger partial charge in [-0.15, -0.1) is 0 Å². The van der Waals surface area contributed by atoms with Gasteiger partial charge in [-0.3, -0.25) is 9.59 Å². The van der Waals surface area contributed by atoms with Gasteiger partial charge in [-0.1, -0.05) is 342 Å². The second-order valence-electron chi connectivity index (χ2n) is 27.3. The summed E-state index contributed by atoms with van der Waals surface area (Å²) in [7, 11) is 5.93. The maximum Gasteiger partial charge on any atom is 0.306 e. The molecule has 0 radical (unpaired) electrons. The highest BCUT2D eigenvalue weighted by atomic mass is 16.7. The molecule has 9 nitrogen and oxygen atoms in total. The molecule has 0 aliphatic carbocycles. The zero-order valence-corrected chi connectivity index (χ0v) is 61.4. The van der Waals surface area contributed by atoms with Gasteiger partial charge in [0.05, 0.1) is 40.3 Å². The molecule has 0 N–H and O–H groups in total. The van der Waals surface area contributed by atoms with E-state index in [0.717, 1.165) is 109 Å². The van der Waals surface area contributed by atoms with Crippen LogP contribution in [0.15, 0.2) is 109 Å². The van der Waals surface area contributed by atoms with Crippen LogP contribution in [0.25, 0.3) is 0 Å². The van der Waals surface area contributed by atoms with E-state index in [2.05, 4.69) is 123 Å². The number of carboxylic acid groups (broad SMARTS) is 1. The number of unbranched alkanes of at least 4 members (excludes halogenated alkanes) is 39. The van der Waals surface area contributed by atoms with E-state index in [4.69, 9.17) is 18.9 Å². The monoisotopic (exact) mass is 1300 g/mol. The Morgan fingerprint density at radius 3 is 0.925 bits per heavy atom. The zero-order valence-electron chi connectivity index (χ0n) is 61.4. The minimum Gasteiger partial charge on any atom is -0.545 e. The fourth-order valence-electron chi connectivity index (χ4n) is 11.1. The first-order chi connectivity index (χ1) is 45.6. The molecule has 536 valence electrons. The van der Waals surface area contributed by atoms with Gasteiger partial charge in [-0.05, 0) is 103 Å². The number of hydrogen-bond acceptors (Lipinski definition) is 8. The van der Waals surface area contributed by atoms with Crippen molar-refractivity contribution in [3.8, 4) is 0 Å². The molecule has 93 heavy (non-hydrogen) atoms. The Balaban J connectivity index is 4.06. The molecule has 0 rings (SSSR count).